The molecule has 0 radical (unpaired) electrons. The fourth-order valence-electron chi connectivity index (χ4n) is 2.34. The maximum absolute atomic E-state index is 12.0. The van der Waals surface area contributed by atoms with Crippen LogP contribution in [0.4, 0.5) is 4.79 Å². The highest BCUT2D eigenvalue weighted by Gasteiger charge is 2.35. The molecule has 0 aromatic heterocycles. The molecule has 0 spiro atoms. The van der Waals surface area contributed by atoms with Crippen molar-refractivity contribution in [1.82, 2.24) is 4.90 Å². The molecule has 2 N–H and O–H groups in total. The molecule has 1 aromatic carbocycles. The van der Waals surface area contributed by atoms with Crippen molar-refractivity contribution in [2.75, 3.05) is 18.8 Å². The molecule has 1 heterocycles. The maximum atomic E-state index is 12.0. The number of hydrogen-bond acceptors (Lipinski definition) is 5. The van der Waals surface area contributed by atoms with Gasteiger partial charge in [-0.3, -0.25) is 0 Å². The number of ether oxygens (including phenoxy) is 1. The molecule has 2 rings (SSSR count). The topological polar surface area (TPSA) is 70.0 Å². The number of aliphatic hydroxyl groups is 1. The van der Waals surface area contributed by atoms with Crippen molar-refractivity contribution in [2.45, 2.75) is 49.7 Å². The summed E-state index contributed by atoms with van der Waals surface area (Å²) in [7, 11) is 0. The molecule has 23 heavy (non-hydrogen) atoms. The summed E-state index contributed by atoms with van der Waals surface area (Å²) in [5, 5.41) is 19.9. The Morgan fingerprint density at radius 1 is 1.26 bits per heavy atom. The molecule has 1 aliphatic rings. The largest absolute Gasteiger partial charge is 0.508 e. The first-order valence-corrected chi connectivity index (χ1v) is 8.78. The highest BCUT2D eigenvalue weighted by Crippen LogP contribution is 2.31. The van der Waals surface area contributed by atoms with Crippen molar-refractivity contribution in [3.05, 3.63) is 24.3 Å². The van der Waals surface area contributed by atoms with E-state index in [9.17, 15) is 15.0 Å². The third-order valence-corrected chi connectivity index (χ3v) is 4.98. The molecule has 1 saturated heterocycles. The summed E-state index contributed by atoms with van der Waals surface area (Å²) < 4.78 is 5.36. The number of piperidine rings is 1. The van der Waals surface area contributed by atoms with Gasteiger partial charge in [-0.2, -0.15) is 0 Å². The molecule has 0 unspecified atom stereocenters. The monoisotopic (exact) mass is 339 g/mol. The normalized spacial score (nSPS) is 17.8. The number of hydrogen-bond donors (Lipinski definition) is 2. The average molecular weight is 339 g/mol. The molecule has 1 aromatic rings. The molecular formula is C17H25NO4S. The van der Waals surface area contributed by atoms with Crippen LogP contribution in [-0.2, 0) is 4.74 Å². The number of thioether (sulfide) groups is 1. The smallest absolute Gasteiger partial charge is 0.410 e. The first-order valence-electron chi connectivity index (χ1n) is 7.79. The molecule has 1 aliphatic heterocycles. The molecule has 0 saturated carbocycles. The average Bonchev–Trinajstić information content (AvgIpc) is 2.46. The van der Waals surface area contributed by atoms with Gasteiger partial charge in [0.25, 0.3) is 0 Å². The van der Waals surface area contributed by atoms with Gasteiger partial charge in [-0.05, 0) is 57.9 Å². The number of carbonyl (C=O) groups excluding carboxylic acids is 1. The molecule has 0 atom stereocenters. The van der Waals surface area contributed by atoms with Gasteiger partial charge in [0.2, 0.25) is 0 Å². The lowest BCUT2D eigenvalue weighted by Crippen LogP contribution is -2.49. The highest BCUT2D eigenvalue weighted by atomic mass is 32.2. The highest BCUT2D eigenvalue weighted by molar-refractivity contribution is 7.99. The zero-order chi connectivity index (χ0) is 17.1. The SMILES string of the molecule is CC(C)(C)OC(=O)N1CCC(O)(CSc2ccc(O)cc2)CC1. The van der Waals surface area contributed by atoms with Crippen LogP contribution in [-0.4, -0.2) is 51.3 Å². The third-order valence-electron chi connectivity index (χ3n) is 3.69. The molecule has 6 heteroatoms. The zero-order valence-corrected chi connectivity index (χ0v) is 14.7. The van der Waals surface area contributed by atoms with Gasteiger partial charge in [-0.1, -0.05) is 0 Å². The number of rotatable bonds is 3. The summed E-state index contributed by atoms with van der Waals surface area (Å²) in [5.41, 5.74) is -1.28. The minimum Gasteiger partial charge on any atom is -0.508 e. The van der Waals surface area contributed by atoms with Crippen LogP contribution in [0.2, 0.25) is 0 Å². The van der Waals surface area contributed by atoms with E-state index in [1.165, 1.54) is 0 Å². The molecule has 1 amide bonds. The predicted molar refractivity (Wildman–Crippen MR) is 90.8 cm³/mol. The van der Waals surface area contributed by atoms with Crippen LogP contribution in [0.5, 0.6) is 5.75 Å². The van der Waals surface area contributed by atoms with Gasteiger partial charge < -0.3 is 19.8 Å². The van der Waals surface area contributed by atoms with Crippen molar-refractivity contribution in [1.29, 1.82) is 0 Å². The number of likely N-dealkylation sites (tertiary alicyclic amines) is 1. The summed E-state index contributed by atoms with van der Waals surface area (Å²) in [6.07, 6.45) is 0.764. The standard InChI is InChI=1S/C17H25NO4S/c1-16(2,3)22-15(20)18-10-8-17(21,9-11-18)12-23-14-6-4-13(19)5-7-14/h4-7,19,21H,8-12H2,1-3H3. The molecule has 0 aliphatic carbocycles. The van der Waals surface area contributed by atoms with Gasteiger partial charge in [0.05, 0.1) is 5.60 Å². The van der Waals surface area contributed by atoms with E-state index < -0.39 is 11.2 Å². The Labute approximate surface area is 141 Å². The number of benzene rings is 1. The van der Waals surface area contributed by atoms with Crippen LogP contribution in [0.1, 0.15) is 33.6 Å². The number of phenolic OH excluding ortho intramolecular Hbond substituents is 1. The number of phenols is 1. The minimum absolute atomic E-state index is 0.235. The van der Waals surface area contributed by atoms with E-state index in [0.717, 1.165) is 4.90 Å². The lowest BCUT2D eigenvalue weighted by molar-refractivity contribution is -0.0190. The third kappa shape index (κ3) is 5.62. The van der Waals surface area contributed by atoms with E-state index >= 15 is 0 Å². The van der Waals surface area contributed by atoms with E-state index in [0.29, 0.717) is 31.7 Å². The van der Waals surface area contributed by atoms with Crippen LogP contribution >= 0.6 is 11.8 Å². The van der Waals surface area contributed by atoms with Gasteiger partial charge in [0.15, 0.2) is 0 Å². The van der Waals surface area contributed by atoms with E-state index in [-0.39, 0.29) is 11.8 Å². The molecule has 128 valence electrons. The summed E-state index contributed by atoms with van der Waals surface area (Å²) in [6.45, 7) is 6.54. The van der Waals surface area contributed by atoms with Gasteiger partial charge in [-0.15, -0.1) is 11.8 Å². The van der Waals surface area contributed by atoms with E-state index in [1.807, 2.05) is 32.9 Å². The molecule has 1 fully saturated rings. The Balaban J connectivity index is 1.82. The Bertz CT molecular complexity index is 531. The second-order valence-electron chi connectivity index (χ2n) is 6.97. The summed E-state index contributed by atoms with van der Waals surface area (Å²) >= 11 is 1.56. The van der Waals surface area contributed by atoms with E-state index in [1.54, 1.807) is 28.8 Å². The molecule has 0 bridgehead atoms. The van der Waals surface area contributed by atoms with Gasteiger partial charge in [0, 0.05) is 23.7 Å². The van der Waals surface area contributed by atoms with Gasteiger partial charge in [0.1, 0.15) is 11.4 Å². The van der Waals surface area contributed by atoms with Crippen LogP contribution in [0, 0.1) is 0 Å². The van der Waals surface area contributed by atoms with Crippen molar-refractivity contribution < 1.29 is 19.7 Å². The quantitative estimate of drug-likeness (QED) is 0.827. The van der Waals surface area contributed by atoms with Gasteiger partial charge in [-0.25, -0.2) is 4.79 Å². The minimum atomic E-state index is -0.777. The first-order chi connectivity index (χ1) is 10.7. The Kier molecular flexibility index (Phi) is 5.47. The summed E-state index contributed by atoms with van der Waals surface area (Å²) in [4.78, 5) is 14.7. The lowest BCUT2D eigenvalue weighted by atomic mass is 9.94. The van der Waals surface area contributed by atoms with Crippen molar-refractivity contribution >= 4 is 17.9 Å². The second-order valence-corrected chi connectivity index (χ2v) is 8.02. The van der Waals surface area contributed by atoms with E-state index in [4.69, 9.17) is 4.74 Å². The fourth-order valence-corrected chi connectivity index (χ4v) is 3.39. The number of aromatic hydroxyl groups is 1. The van der Waals surface area contributed by atoms with Crippen LogP contribution in [0.15, 0.2) is 29.2 Å². The molecular weight excluding hydrogens is 314 g/mol. The maximum Gasteiger partial charge on any atom is 0.410 e. The first kappa shape index (κ1) is 17.9. The lowest BCUT2D eigenvalue weighted by Gasteiger charge is -2.38. The number of nitrogens with zero attached hydrogens (tertiary/aromatic N) is 1. The van der Waals surface area contributed by atoms with Gasteiger partial charge >= 0.3 is 6.09 Å². The Hall–Kier alpha value is -1.40. The number of amides is 1. The van der Waals surface area contributed by atoms with Crippen LogP contribution < -0.4 is 0 Å². The molecule has 5 nitrogen and oxygen atoms in total. The second kappa shape index (κ2) is 7.01. The van der Waals surface area contributed by atoms with Crippen molar-refractivity contribution in [2.24, 2.45) is 0 Å². The van der Waals surface area contributed by atoms with Crippen LogP contribution in [0.3, 0.4) is 0 Å². The predicted octanol–water partition coefficient (Wildman–Crippen LogP) is 3.25. The number of carbonyl (C=O) groups is 1. The Morgan fingerprint density at radius 3 is 2.35 bits per heavy atom. The Morgan fingerprint density at radius 2 is 1.83 bits per heavy atom. The van der Waals surface area contributed by atoms with Crippen LogP contribution in [0.25, 0.3) is 0 Å². The van der Waals surface area contributed by atoms with E-state index in [2.05, 4.69) is 0 Å². The zero-order valence-electron chi connectivity index (χ0n) is 13.9. The van der Waals surface area contributed by atoms with Crippen molar-refractivity contribution in [3.8, 4) is 5.75 Å². The fraction of sp³-hybridized carbons (Fsp3) is 0.588. The van der Waals surface area contributed by atoms with Crippen molar-refractivity contribution in [3.63, 3.8) is 0 Å². The summed E-state index contributed by atoms with van der Waals surface area (Å²) in [5.74, 6) is 0.804. The summed E-state index contributed by atoms with van der Waals surface area (Å²) in [6, 6.07) is 6.94.